The number of allylic oxidation sites excluding steroid dienone is 2. The molecule has 0 amide bonds. The van der Waals surface area contributed by atoms with Crippen molar-refractivity contribution in [2.24, 2.45) is 0 Å². The van der Waals surface area contributed by atoms with Crippen molar-refractivity contribution in [2.75, 3.05) is 6.54 Å². The predicted octanol–water partition coefficient (Wildman–Crippen LogP) is 5.04. The molecule has 0 aromatic carbocycles. The van der Waals surface area contributed by atoms with Gasteiger partial charge >= 0.3 is 0 Å². The van der Waals surface area contributed by atoms with E-state index in [9.17, 15) is 0 Å². The smallest absolute Gasteiger partial charge is 0.142 e. The van der Waals surface area contributed by atoms with E-state index in [1.807, 2.05) is 0 Å². The van der Waals surface area contributed by atoms with Crippen LogP contribution in [0.3, 0.4) is 0 Å². The van der Waals surface area contributed by atoms with Crippen LogP contribution in [0.2, 0.25) is 24.2 Å². The van der Waals surface area contributed by atoms with Crippen molar-refractivity contribution in [3.63, 3.8) is 0 Å². The molecule has 0 fully saturated rings. The minimum Gasteiger partial charge on any atom is -0.336 e. The average molecular weight is 286 g/mol. The van der Waals surface area contributed by atoms with Crippen LogP contribution in [0, 0.1) is 0 Å². The minimum atomic E-state index is -1.51. The first kappa shape index (κ1) is 18.1. The van der Waals surface area contributed by atoms with Crippen molar-refractivity contribution in [1.82, 2.24) is 4.98 Å². The van der Waals surface area contributed by atoms with E-state index in [1.165, 1.54) is 12.5 Å². The van der Waals surface area contributed by atoms with Crippen LogP contribution >= 0.6 is 0 Å². The van der Waals surface area contributed by atoms with Gasteiger partial charge in [-0.2, -0.15) is 0 Å². The molecule has 18 heavy (non-hydrogen) atoms. The zero-order chi connectivity index (χ0) is 14.6. The second kappa shape index (κ2) is 6.53. The fraction of sp³-hybridized carbons (Fsp3) is 0.867. The lowest BCUT2D eigenvalue weighted by Gasteiger charge is -2.52. The molecule has 108 valence electrons. The van der Waals surface area contributed by atoms with Crippen LogP contribution in [0.1, 0.15) is 54.9 Å². The lowest BCUT2D eigenvalue weighted by Crippen LogP contribution is -2.72. The van der Waals surface area contributed by atoms with E-state index >= 15 is 0 Å². The number of nitrogens with one attached hydrogen (secondary N) is 1. The highest BCUT2D eigenvalue weighted by Gasteiger charge is 2.54. The zero-order valence-corrected chi connectivity index (χ0v) is 16.2. The second-order valence-electron chi connectivity index (χ2n) is 7.03. The first-order chi connectivity index (χ1) is 8.10. The quantitative estimate of drug-likeness (QED) is 0.674. The fourth-order valence-corrected chi connectivity index (χ4v) is 20.8. The van der Waals surface area contributed by atoms with E-state index in [0.29, 0.717) is 5.04 Å². The third-order valence-electron chi connectivity index (χ3n) is 5.15. The van der Waals surface area contributed by atoms with Crippen LogP contribution in [0.5, 0.6) is 0 Å². The highest BCUT2D eigenvalue weighted by atomic mass is 29.3. The molecule has 0 heterocycles. The molecular weight excluding hydrogens is 250 g/mol. The molecule has 0 aliphatic heterocycles. The molecule has 0 aliphatic carbocycles. The van der Waals surface area contributed by atoms with E-state index < -0.39 is 15.3 Å². The molecule has 0 spiro atoms. The molecule has 0 radical (unpaired) electrons. The topological polar surface area (TPSA) is 12.0 Å². The molecule has 1 unspecified atom stereocenters. The average Bonchev–Trinajstić information content (AvgIpc) is 2.25. The van der Waals surface area contributed by atoms with Crippen molar-refractivity contribution in [1.29, 1.82) is 0 Å². The van der Waals surface area contributed by atoms with Gasteiger partial charge in [-0.05, 0) is 31.5 Å². The normalized spacial score (nSPS) is 17.7. The van der Waals surface area contributed by atoms with Gasteiger partial charge in [0.05, 0.1) is 7.59 Å². The Labute approximate surface area is 117 Å². The Morgan fingerprint density at radius 1 is 1.17 bits per heavy atom. The number of hydrogen-bond acceptors (Lipinski definition) is 1. The van der Waals surface area contributed by atoms with Crippen molar-refractivity contribution >= 4 is 15.3 Å². The monoisotopic (exact) mass is 285 g/mol. The van der Waals surface area contributed by atoms with Crippen LogP contribution in [-0.2, 0) is 0 Å². The van der Waals surface area contributed by atoms with E-state index in [1.54, 1.807) is 5.20 Å². The largest absolute Gasteiger partial charge is 0.336 e. The number of hydrogen-bond donors (Lipinski definition) is 1. The lowest BCUT2D eigenvalue weighted by molar-refractivity contribution is 0.727. The van der Waals surface area contributed by atoms with Gasteiger partial charge < -0.3 is 4.98 Å². The molecule has 1 atom stereocenters. The molecule has 0 bridgehead atoms. The molecule has 0 saturated heterocycles. The maximum absolute atomic E-state index is 4.03. The van der Waals surface area contributed by atoms with E-state index in [0.717, 1.165) is 6.54 Å². The molecule has 0 aromatic heterocycles. The van der Waals surface area contributed by atoms with Gasteiger partial charge in [0.1, 0.15) is 7.75 Å². The van der Waals surface area contributed by atoms with Gasteiger partial charge in [0, 0.05) is 0 Å². The molecule has 1 nitrogen and oxygen atoms in total. The van der Waals surface area contributed by atoms with Crippen LogP contribution in [0.25, 0.3) is 0 Å². The van der Waals surface area contributed by atoms with Gasteiger partial charge in [0.15, 0.2) is 0 Å². The zero-order valence-electron chi connectivity index (χ0n) is 14.2. The summed E-state index contributed by atoms with van der Waals surface area (Å²) in [5.41, 5.74) is 0. The standard InChI is InChI=1S/C15H35NSi2/c1-10-13-18(16-12-3,14(4)11-2)17(8,9)15(5,6)7/h11,16H,10,12-13H2,1-9H3/b14-11+. The summed E-state index contributed by atoms with van der Waals surface area (Å²) < 4.78 is 0. The summed E-state index contributed by atoms with van der Waals surface area (Å²) in [5, 5.41) is 2.14. The number of rotatable bonds is 6. The molecule has 0 rings (SSSR count). The summed E-state index contributed by atoms with van der Waals surface area (Å²) in [6.07, 6.45) is 3.68. The van der Waals surface area contributed by atoms with Crippen LogP contribution in [0.4, 0.5) is 0 Å². The Morgan fingerprint density at radius 3 is 1.94 bits per heavy atom. The van der Waals surface area contributed by atoms with Gasteiger partial charge in [0.2, 0.25) is 0 Å². The maximum atomic E-state index is 4.03. The Bertz CT molecular complexity index is 281. The molecule has 0 aromatic rings. The Morgan fingerprint density at radius 2 is 1.67 bits per heavy atom. The summed E-state index contributed by atoms with van der Waals surface area (Å²) >= 11 is 0. The molecule has 3 heteroatoms. The SMILES string of the molecule is C/C=C(\C)[Si](CCC)(NCC)[Si](C)(C)C(C)(C)C. The summed E-state index contributed by atoms with van der Waals surface area (Å²) in [4.78, 5) is 4.03. The highest BCUT2D eigenvalue weighted by Crippen LogP contribution is 2.45. The van der Waals surface area contributed by atoms with Crippen LogP contribution < -0.4 is 4.98 Å². The van der Waals surface area contributed by atoms with Crippen LogP contribution in [0.15, 0.2) is 11.3 Å². The van der Waals surface area contributed by atoms with E-state index in [4.69, 9.17) is 0 Å². The summed E-state index contributed by atoms with van der Waals surface area (Å²) in [6, 6.07) is 1.40. The first-order valence-corrected chi connectivity index (χ1v) is 13.7. The molecule has 0 saturated carbocycles. The summed E-state index contributed by atoms with van der Waals surface area (Å²) in [7, 11) is -2.86. The fourth-order valence-electron chi connectivity index (χ4n) is 3.01. The van der Waals surface area contributed by atoms with Gasteiger partial charge in [0.25, 0.3) is 0 Å². The first-order valence-electron chi connectivity index (χ1n) is 7.49. The Balaban J connectivity index is 5.85. The van der Waals surface area contributed by atoms with Gasteiger partial charge in [-0.3, -0.25) is 0 Å². The molecule has 1 N–H and O–H groups in total. The highest BCUT2D eigenvalue weighted by molar-refractivity contribution is 7.44. The minimum absolute atomic E-state index is 0.459. The summed E-state index contributed by atoms with van der Waals surface area (Å²) in [6.45, 7) is 22.9. The lowest BCUT2D eigenvalue weighted by atomic mass is 10.2. The second-order valence-corrected chi connectivity index (χ2v) is 21.5. The van der Waals surface area contributed by atoms with E-state index in [-0.39, 0.29) is 0 Å². The van der Waals surface area contributed by atoms with Crippen molar-refractivity contribution in [3.8, 4) is 0 Å². The molecule has 0 aliphatic rings. The molecular formula is C15H35NSi2. The van der Waals surface area contributed by atoms with Crippen molar-refractivity contribution in [3.05, 3.63) is 11.3 Å². The van der Waals surface area contributed by atoms with Crippen molar-refractivity contribution in [2.45, 2.75) is 79.1 Å². The van der Waals surface area contributed by atoms with Crippen molar-refractivity contribution < 1.29 is 0 Å². The third kappa shape index (κ3) is 3.17. The Kier molecular flexibility index (Phi) is 6.58. The maximum Gasteiger partial charge on any atom is 0.142 e. The van der Waals surface area contributed by atoms with Crippen LogP contribution in [-0.4, -0.2) is 21.9 Å². The Hall–Kier alpha value is 0.134. The van der Waals surface area contributed by atoms with Gasteiger partial charge in [-0.15, -0.1) is 0 Å². The van der Waals surface area contributed by atoms with E-state index in [2.05, 4.69) is 72.6 Å². The summed E-state index contributed by atoms with van der Waals surface area (Å²) in [5.74, 6) is 0. The third-order valence-corrected chi connectivity index (χ3v) is 26.0. The predicted molar refractivity (Wildman–Crippen MR) is 91.2 cm³/mol. The van der Waals surface area contributed by atoms with Gasteiger partial charge in [-0.25, -0.2) is 0 Å². The van der Waals surface area contributed by atoms with Gasteiger partial charge in [-0.1, -0.05) is 65.4 Å².